The van der Waals surface area contributed by atoms with Gasteiger partial charge in [0.1, 0.15) is 0 Å². The molecule has 94 valence electrons. The highest BCUT2D eigenvalue weighted by molar-refractivity contribution is 5.92. The van der Waals surface area contributed by atoms with Gasteiger partial charge >= 0.3 is 0 Å². The topological polar surface area (TPSA) is 73.6 Å². The summed E-state index contributed by atoms with van der Waals surface area (Å²) in [7, 11) is 3.13. The second-order valence-corrected chi connectivity index (χ2v) is 3.61. The summed E-state index contributed by atoms with van der Waals surface area (Å²) in [4.78, 5) is 11.5. The molecule has 0 atom stereocenters. The van der Waals surface area contributed by atoms with Crippen molar-refractivity contribution in [1.82, 2.24) is 0 Å². The van der Waals surface area contributed by atoms with Gasteiger partial charge in [0.25, 0.3) is 0 Å². The quantitative estimate of drug-likeness (QED) is 0.811. The lowest BCUT2D eigenvalue weighted by Gasteiger charge is -2.13. The summed E-state index contributed by atoms with van der Waals surface area (Å²) >= 11 is 0. The molecule has 0 spiro atoms. The fraction of sp³-hybridized carbons (Fsp3) is 0.417. The molecule has 0 bridgehead atoms. The fourth-order valence-electron chi connectivity index (χ4n) is 1.46. The molecule has 17 heavy (non-hydrogen) atoms. The molecule has 0 aromatic heterocycles. The molecular weight excluding hydrogens is 220 g/mol. The van der Waals surface area contributed by atoms with E-state index in [1.54, 1.807) is 20.3 Å². The van der Waals surface area contributed by atoms with Crippen LogP contribution in [-0.4, -0.2) is 26.7 Å². The van der Waals surface area contributed by atoms with E-state index in [9.17, 15) is 4.79 Å². The number of rotatable bonds is 5. The first-order chi connectivity index (χ1) is 8.12. The van der Waals surface area contributed by atoms with Crippen LogP contribution in [0.15, 0.2) is 12.1 Å². The number of carbonyl (C=O) groups is 1. The maximum absolute atomic E-state index is 11.5. The summed E-state index contributed by atoms with van der Waals surface area (Å²) < 4.78 is 10.3. The van der Waals surface area contributed by atoms with Crippen molar-refractivity contribution in [2.45, 2.75) is 13.3 Å². The second-order valence-electron chi connectivity index (χ2n) is 3.61. The molecule has 0 saturated carbocycles. The van der Waals surface area contributed by atoms with Crippen LogP contribution in [0.3, 0.4) is 0 Å². The zero-order valence-electron chi connectivity index (χ0n) is 10.4. The second kappa shape index (κ2) is 6.10. The van der Waals surface area contributed by atoms with Crippen LogP contribution in [-0.2, 0) is 4.79 Å². The summed E-state index contributed by atoms with van der Waals surface area (Å²) in [6.45, 7) is 2.22. The molecule has 1 rings (SSSR count). The lowest BCUT2D eigenvalue weighted by atomic mass is 10.1. The van der Waals surface area contributed by atoms with Gasteiger partial charge in [0.2, 0.25) is 5.91 Å². The first-order valence-electron chi connectivity index (χ1n) is 5.35. The van der Waals surface area contributed by atoms with Crippen molar-refractivity contribution in [2.24, 2.45) is 5.73 Å². The van der Waals surface area contributed by atoms with Gasteiger partial charge < -0.3 is 20.5 Å². The standard InChI is InChI=1S/C12H18N2O3/c1-8-6-10(16-2)11(17-3)7-9(8)14-12(15)4-5-13/h6-7H,4-5,13H2,1-3H3,(H,14,15). The zero-order chi connectivity index (χ0) is 12.8. The van der Waals surface area contributed by atoms with Gasteiger partial charge in [-0.1, -0.05) is 0 Å². The molecular formula is C12H18N2O3. The molecule has 1 amide bonds. The van der Waals surface area contributed by atoms with E-state index in [1.807, 2.05) is 13.0 Å². The fourth-order valence-corrected chi connectivity index (χ4v) is 1.46. The molecule has 0 heterocycles. The van der Waals surface area contributed by atoms with Gasteiger partial charge in [-0.25, -0.2) is 0 Å². The van der Waals surface area contributed by atoms with Gasteiger partial charge in [-0.3, -0.25) is 4.79 Å². The van der Waals surface area contributed by atoms with Crippen LogP contribution in [0, 0.1) is 6.92 Å². The summed E-state index contributed by atoms with van der Waals surface area (Å²) in [5, 5.41) is 2.78. The average Bonchev–Trinajstić information content (AvgIpc) is 2.31. The van der Waals surface area contributed by atoms with Gasteiger partial charge in [0.15, 0.2) is 11.5 Å². The molecule has 5 heteroatoms. The number of benzene rings is 1. The third-order valence-corrected chi connectivity index (χ3v) is 2.38. The van der Waals surface area contributed by atoms with Crippen LogP contribution >= 0.6 is 0 Å². The molecule has 1 aromatic carbocycles. The Balaban J connectivity index is 2.96. The third-order valence-electron chi connectivity index (χ3n) is 2.38. The molecule has 0 unspecified atom stereocenters. The van der Waals surface area contributed by atoms with Crippen LogP contribution in [0.1, 0.15) is 12.0 Å². The van der Waals surface area contributed by atoms with E-state index >= 15 is 0 Å². The highest BCUT2D eigenvalue weighted by Crippen LogP contribution is 2.32. The molecule has 5 nitrogen and oxygen atoms in total. The third kappa shape index (κ3) is 3.35. The summed E-state index contributed by atoms with van der Waals surface area (Å²) in [6, 6.07) is 3.56. The van der Waals surface area contributed by atoms with E-state index in [0.29, 0.717) is 30.2 Å². The largest absolute Gasteiger partial charge is 0.493 e. The van der Waals surface area contributed by atoms with E-state index in [-0.39, 0.29) is 5.91 Å². The normalized spacial score (nSPS) is 9.88. The van der Waals surface area contributed by atoms with Gasteiger partial charge in [-0.05, 0) is 18.6 Å². The van der Waals surface area contributed by atoms with Crippen LogP contribution in [0.25, 0.3) is 0 Å². The molecule has 0 aliphatic carbocycles. The smallest absolute Gasteiger partial charge is 0.225 e. The van der Waals surface area contributed by atoms with Crippen molar-refractivity contribution in [3.63, 3.8) is 0 Å². The average molecular weight is 238 g/mol. The Bertz CT molecular complexity index is 405. The summed E-state index contributed by atoms with van der Waals surface area (Å²) in [5.41, 5.74) is 6.94. The Labute approximate surface area is 101 Å². The number of methoxy groups -OCH3 is 2. The Kier molecular flexibility index (Phi) is 4.78. The SMILES string of the molecule is COc1cc(C)c(NC(=O)CCN)cc1OC. The zero-order valence-corrected chi connectivity index (χ0v) is 10.4. The Morgan fingerprint density at radius 2 is 1.88 bits per heavy atom. The minimum Gasteiger partial charge on any atom is -0.493 e. The Morgan fingerprint density at radius 1 is 1.29 bits per heavy atom. The number of ether oxygens (including phenoxy) is 2. The number of carbonyl (C=O) groups excluding carboxylic acids is 1. The molecule has 0 aliphatic rings. The predicted octanol–water partition coefficient (Wildman–Crippen LogP) is 1.30. The summed E-state index contributed by atoms with van der Waals surface area (Å²) in [6.07, 6.45) is 0.299. The first-order valence-corrected chi connectivity index (χ1v) is 5.35. The van der Waals surface area contributed by atoms with E-state index in [2.05, 4.69) is 5.32 Å². The van der Waals surface area contributed by atoms with Crippen molar-refractivity contribution in [1.29, 1.82) is 0 Å². The maximum Gasteiger partial charge on any atom is 0.225 e. The lowest BCUT2D eigenvalue weighted by molar-refractivity contribution is -0.116. The minimum atomic E-state index is -0.109. The number of hydrogen-bond acceptors (Lipinski definition) is 4. The van der Waals surface area contributed by atoms with Crippen LogP contribution in [0.5, 0.6) is 11.5 Å². The first kappa shape index (κ1) is 13.3. The van der Waals surface area contributed by atoms with Gasteiger partial charge in [0.05, 0.1) is 14.2 Å². The number of aryl methyl sites for hydroxylation is 1. The van der Waals surface area contributed by atoms with E-state index < -0.39 is 0 Å². The lowest BCUT2D eigenvalue weighted by Crippen LogP contribution is -2.16. The van der Waals surface area contributed by atoms with Gasteiger partial charge in [-0.15, -0.1) is 0 Å². The number of anilines is 1. The van der Waals surface area contributed by atoms with E-state index in [4.69, 9.17) is 15.2 Å². The van der Waals surface area contributed by atoms with Gasteiger partial charge in [-0.2, -0.15) is 0 Å². The minimum absolute atomic E-state index is 0.109. The number of amides is 1. The molecule has 3 N–H and O–H groups in total. The highest BCUT2D eigenvalue weighted by Gasteiger charge is 2.10. The summed E-state index contributed by atoms with van der Waals surface area (Å²) in [5.74, 6) is 1.12. The maximum atomic E-state index is 11.5. The Hall–Kier alpha value is -1.75. The molecule has 0 aliphatic heterocycles. The van der Waals surface area contributed by atoms with Crippen molar-refractivity contribution in [3.05, 3.63) is 17.7 Å². The predicted molar refractivity (Wildman–Crippen MR) is 66.6 cm³/mol. The van der Waals surface area contributed by atoms with E-state index in [0.717, 1.165) is 5.56 Å². The number of nitrogens with two attached hydrogens (primary N) is 1. The number of hydrogen-bond donors (Lipinski definition) is 2. The van der Waals surface area contributed by atoms with Gasteiger partial charge in [0, 0.05) is 24.7 Å². The molecule has 0 fully saturated rings. The molecule has 0 saturated heterocycles. The van der Waals surface area contributed by atoms with Crippen molar-refractivity contribution < 1.29 is 14.3 Å². The van der Waals surface area contributed by atoms with Crippen molar-refractivity contribution >= 4 is 11.6 Å². The van der Waals surface area contributed by atoms with Crippen molar-refractivity contribution in [2.75, 3.05) is 26.1 Å². The van der Waals surface area contributed by atoms with Crippen LogP contribution in [0.4, 0.5) is 5.69 Å². The highest BCUT2D eigenvalue weighted by atomic mass is 16.5. The van der Waals surface area contributed by atoms with Crippen LogP contribution in [0.2, 0.25) is 0 Å². The number of nitrogens with one attached hydrogen (secondary N) is 1. The van der Waals surface area contributed by atoms with Crippen molar-refractivity contribution in [3.8, 4) is 11.5 Å². The molecule has 0 radical (unpaired) electrons. The van der Waals surface area contributed by atoms with Crippen LogP contribution < -0.4 is 20.5 Å². The monoisotopic (exact) mass is 238 g/mol. The van der Waals surface area contributed by atoms with E-state index in [1.165, 1.54) is 0 Å². The molecule has 1 aromatic rings. The Morgan fingerprint density at radius 3 is 2.41 bits per heavy atom.